The lowest BCUT2D eigenvalue weighted by Crippen LogP contribution is -2.27. The Kier molecular flexibility index (Phi) is 5.74. The molecule has 0 saturated carbocycles. The Balaban J connectivity index is 2.01. The van der Waals surface area contributed by atoms with Gasteiger partial charge >= 0.3 is 0 Å². The molecule has 1 saturated heterocycles. The summed E-state index contributed by atoms with van der Waals surface area (Å²) in [4.78, 5) is 14.8. The minimum Gasteiger partial charge on any atom is -0.318 e. The molecule has 2 heterocycles. The number of hydrogen-bond acceptors (Lipinski definition) is 3. The summed E-state index contributed by atoms with van der Waals surface area (Å²) in [6, 6.07) is 8.56. The van der Waals surface area contributed by atoms with Gasteiger partial charge in [0, 0.05) is 27.2 Å². The zero-order valence-electron chi connectivity index (χ0n) is 14.9. The standard InChI is InChI=1S/C20H19IN2OS2/c1-5-8-22-19(24)18(26-20(22)25)11-15-10-13(3)23(14(15)4)16-6-7-17(21)12(2)9-16/h5-7,9-11H,1,8H2,2-4H3/b18-11+. The van der Waals surface area contributed by atoms with Gasteiger partial charge in [0.15, 0.2) is 0 Å². The molecule has 1 aliphatic heterocycles. The molecule has 0 aliphatic carbocycles. The van der Waals surface area contributed by atoms with E-state index in [1.165, 1.54) is 20.9 Å². The second-order valence-corrected chi connectivity index (χ2v) is 9.01. The van der Waals surface area contributed by atoms with Gasteiger partial charge in [-0.05, 0) is 84.8 Å². The minimum atomic E-state index is -0.0465. The monoisotopic (exact) mass is 494 g/mol. The Hall–Kier alpha value is -1.38. The van der Waals surface area contributed by atoms with Crippen molar-refractivity contribution in [2.45, 2.75) is 20.8 Å². The van der Waals surface area contributed by atoms with E-state index in [1.54, 1.807) is 11.0 Å². The zero-order chi connectivity index (χ0) is 19.0. The van der Waals surface area contributed by atoms with Crippen LogP contribution < -0.4 is 0 Å². The molecule has 0 radical (unpaired) electrons. The Morgan fingerprint density at radius 1 is 1.27 bits per heavy atom. The molecule has 0 bridgehead atoms. The van der Waals surface area contributed by atoms with E-state index in [4.69, 9.17) is 12.2 Å². The van der Waals surface area contributed by atoms with Crippen LogP contribution in [0.4, 0.5) is 0 Å². The zero-order valence-corrected chi connectivity index (χ0v) is 18.7. The van der Waals surface area contributed by atoms with Gasteiger partial charge < -0.3 is 4.57 Å². The largest absolute Gasteiger partial charge is 0.318 e. The number of thioether (sulfide) groups is 1. The van der Waals surface area contributed by atoms with E-state index in [2.05, 4.69) is 78.8 Å². The maximum absolute atomic E-state index is 12.6. The van der Waals surface area contributed by atoms with Crippen LogP contribution in [0.2, 0.25) is 0 Å². The number of aryl methyl sites for hydroxylation is 2. The van der Waals surface area contributed by atoms with Gasteiger partial charge in [-0.3, -0.25) is 9.69 Å². The minimum absolute atomic E-state index is 0.0465. The van der Waals surface area contributed by atoms with Crippen LogP contribution in [0.1, 0.15) is 22.5 Å². The van der Waals surface area contributed by atoms with Crippen molar-refractivity contribution < 1.29 is 4.79 Å². The summed E-state index contributed by atoms with van der Waals surface area (Å²) in [5, 5.41) is 0. The number of halogens is 1. The molecular formula is C20H19IN2OS2. The second-order valence-electron chi connectivity index (χ2n) is 6.18. The summed E-state index contributed by atoms with van der Waals surface area (Å²) in [6.07, 6.45) is 3.64. The molecule has 26 heavy (non-hydrogen) atoms. The number of thiocarbonyl (C=S) groups is 1. The van der Waals surface area contributed by atoms with Gasteiger partial charge in [0.05, 0.1) is 4.91 Å². The van der Waals surface area contributed by atoms with E-state index < -0.39 is 0 Å². The summed E-state index contributed by atoms with van der Waals surface area (Å²) in [5.74, 6) is -0.0465. The van der Waals surface area contributed by atoms with Crippen molar-refractivity contribution >= 4 is 62.9 Å². The molecule has 134 valence electrons. The van der Waals surface area contributed by atoms with Crippen molar-refractivity contribution in [2.75, 3.05) is 6.54 Å². The number of amides is 1. The summed E-state index contributed by atoms with van der Waals surface area (Å²) in [5.41, 5.74) is 5.67. The summed E-state index contributed by atoms with van der Waals surface area (Å²) in [6.45, 7) is 10.4. The highest BCUT2D eigenvalue weighted by Crippen LogP contribution is 2.34. The average molecular weight is 494 g/mol. The molecule has 3 rings (SSSR count). The Morgan fingerprint density at radius 2 is 2.00 bits per heavy atom. The van der Waals surface area contributed by atoms with Crippen molar-refractivity contribution in [3.05, 3.63) is 67.9 Å². The second kappa shape index (κ2) is 7.70. The van der Waals surface area contributed by atoms with Crippen LogP contribution in [0.25, 0.3) is 11.8 Å². The normalized spacial score (nSPS) is 16.0. The van der Waals surface area contributed by atoms with E-state index in [0.717, 1.165) is 22.6 Å². The Labute approximate surface area is 177 Å². The van der Waals surface area contributed by atoms with Gasteiger partial charge in [-0.15, -0.1) is 6.58 Å². The van der Waals surface area contributed by atoms with Gasteiger partial charge in [0.1, 0.15) is 4.32 Å². The van der Waals surface area contributed by atoms with E-state index >= 15 is 0 Å². The topological polar surface area (TPSA) is 25.2 Å². The average Bonchev–Trinajstić information content (AvgIpc) is 3.01. The molecule has 0 N–H and O–H groups in total. The molecule has 6 heteroatoms. The molecule has 1 aromatic heterocycles. The van der Waals surface area contributed by atoms with Crippen LogP contribution in [0.5, 0.6) is 0 Å². The maximum Gasteiger partial charge on any atom is 0.266 e. The van der Waals surface area contributed by atoms with Gasteiger partial charge in [0.25, 0.3) is 5.91 Å². The lowest BCUT2D eigenvalue weighted by Gasteiger charge is -2.11. The van der Waals surface area contributed by atoms with Crippen molar-refractivity contribution in [1.82, 2.24) is 9.47 Å². The SMILES string of the molecule is C=CCN1C(=O)/C(=C\c2cc(C)n(-c3ccc(I)c(C)c3)c2C)SC1=S. The number of hydrogen-bond donors (Lipinski definition) is 0. The first kappa shape index (κ1) is 19.4. The molecule has 1 aliphatic rings. The van der Waals surface area contributed by atoms with Gasteiger partial charge in [-0.2, -0.15) is 0 Å². The number of nitrogens with zero attached hydrogens (tertiary/aromatic N) is 2. The molecule has 0 unspecified atom stereocenters. The van der Waals surface area contributed by atoms with E-state index in [9.17, 15) is 4.79 Å². The quantitative estimate of drug-likeness (QED) is 0.247. The number of aromatic nitrogens is 1. The number of benzene rings is 1. The number of carbonyl (C=O) groups is 1. The van der Waals surface area contributed by atoms with Crippen LogP contribution in [-0.4, -0.2) is 26.2 Å². The predicted octanol–water partition coefficient (Wildman–Crippen LogP) is 5.39. The lowest BCUT2D eigenvalue weighted by atomic mass is 10.2. The van der Waals surface area contributed by atoms with Crippen LogP contribution in [-0.2, 0) is 4.79 Å². The van der Waals surface area contributed by atoms with Crippen LogP contribution in [0.15, 0.2) is 41.8 Å². The third-order valence-corrected chi connectivity index (χ3v) is 6.93. The highest BCUT2D eigenvalue weighted by atomic mass is 127. The fourth-order valence-corrected chi connectivity index (χ4v) is 4.63. The van der Waals surface area contributed by atoms with Gasteiger partial charge in [-0.25, -0.2) is 0 Å². The lowest BCUT2D eigenvalue weighted by molar-refractivity contribution is -0.121. The summed E-state index contributed by atoms with van der Waals surface area (Å²) >= 11 is 9.01. The van der Waals surface area contributed by atoms with Crippen LogP contribution in [0, 0.1) is 24.3 Å². The highest BCUT2D eigenvalue weighted by molar-refractivity contribution is 14.1. The highest BCUT2D eigenvalue weighted by Gasteiger charge is 2.31. The number of rotatable bonds is 4. The molecule has 0 atom stereocenters. The third kappa shape index (κ3) is 3.54. The fraction of sp³-hybridized carbons (Fsp3) is 0.200. The van der Waals surface area contributed by atoms with Gasteiger partial charge in [0.2, 0.25) is 0 Å². The fourth-order valence-electron chi connectivity index (χ4n) is 3.03. The molecule has 1 amide bonds. The molecule has 2 aromatic rings. The van der Waals surface area contributed by atoms with Crippen molar-refractivity contribution in [1.29, 1.82) is 0 Å². The smallest absolute Gasteiger partial charge is 0.266 e. The van der Waals surface area contributed by atoms with E-state index in [1.807, 2.05) is 6.08 Å². The van der Waals surface area contributed by atoms with E-state index in [-0.39, 0.29) is 5.91 Å². The maximum atomic E-state index is 12.6. The van der Waals surface area contributed by atoms with Crippen molar-refractivity contribution in [3.63, 3.8) is 0 Å². The molecule has 3 nitrogen and oxygen atoms in total. The third-order valence-electron chi connectivity index (χ3n) is 4.34. The summed E-state index contributed by atoms with van der Waals surface area (Å²) in [7, 11) is 0. The number of carbonyl (C=O) groups excluding carboxylic acids is 1. The van der Waals surface area contributed by atoms with Crippen LogP contribution >= 0.6 is 46.6 Å². The van der Waals surface area contributed by atoms with Crippen LogP contribution in [0.3, 0.4) is 0 Å². The first-order valence-electron chi connectivity index (χ1n) is 8.15. The molecule has 1 fully saturated rings. The summed E-state index contributed by atoms with van der Waals surface area (Å²) < 4.78 is 4.06. The Bertz CT molecular complexity index is 959. The molecular weight excluding hydrogens is 475 g/mol. The van der Waals surface area contributed by atoms with Crippen molar-refractivity contribution in [3.8, 4) is 5.69 Å². The first-order valence-corrected chi connectivity index (χ1v) is 10.5. The molecule has 0 spiro atoms. The predicted molar refractivity (Wildman–Crippen MR) is 123 cm³/mol. The Morgan fingerprint density at radius 3 is 2.65 bits per heavy atom. The van der Waals surface area contributed by atoms with Crippen molar-refractivity contribution in [2.24, 2.45) is 0 Å². The first-order chi connectivity index (χ1) is 12.3. The van der Waals surface area contributed by atoms with E-state index in [0.29, 0.717) is 15.8 Å². The van der Waals surface area contributed by atoms with Gasteiger partial charge in [-0.1, -0.05) is 30.1 Å². The molecule has 1 aromatic carbocycles.